The van der Waals surface area contributed by atoms with Crippen molar-refractivity contribution in [2.24, 2.45) is 5.41 Å². The topological polar surface area (TPSA) is 37.3 Å². The first kappa shape index (κ1) is 12.3. The van der Waals surface area contributed by atoms with Crippen molar-refractivity contribution in [2.45, 2.75) is 58.3 Å². The van der Waals surface area contributed by atoms with Gasteiger partial charge in [0, 0.05) is 0 Å². The normalized spacial score (nSPS) is 22.2. The Labute approximate surface area is 92.4 Å². The minimum absolute atomic E-state index is 0.465. The van der Waals surface area contributed by atoms with Gasteiger partial charge in [0.25, 0.3) is 0 Å². The van der Waals surface area contributed by atoms with Crippen LogP contribution in [-0.2, 0) is 4.79 Å². The highest BCUT2D eigenvalue weighted by molar-refractivity contribution is 5.74. The lowest BCUT2D eigenvalue weighted by Crippen LogP contribution is -2.31. The third-order valence-electron chi connectivity index (χ3n) is 3.51. The number of carbonyl (C=O) groups is 1. The minimum Gasteiger partial charge on any atom is -0.481 e. The number of rotatable bonds is 3. The second kappa shape index (κ2) is 5.94. The predicted octanol–water partition coefficient (Wildman–Crippen LogP) is 3.77. The van der Waals surface area contributed by atoms with Gasteiger partial charge in [0.2, 0.25) is 0 Å². The van der Waals surface area contributed by atoms with Crippen LogP contribution < -0.4 is 0 Å². The van der Waals surface area contributed by atoms with Crippen LogP contribution in [0.3, 0.4) is 0 Å². The Morgan fingerprint density at radius 3 is 2.20 bits per heavy atom. The van der Waals surface area contributed by atoms with Gasteiger partial charge in [-0.2, -0.15) is 0 Å². The Kier molecular flexibility index (Phi) is 4.86. The van der Waals surface area contributed by atoms with Gasteiger partial charge in [-0.15, -0.1) is 0 Å². The zero-order valence-electron chi connectivity index (χ0n) is 9.67. The van der Waals surface area contributed by atoms with Crippen molar-refractivity contribution in [3.8, 4) is 0 Å². The third-order valence-corrected chi connectivity index (χ3v) is 3.51. The molecule has 0 atom stereocenters. The molecule has 0 aromatic carbocycles. The zero-order valence-corrected chi connectivity index (χ0v) is 9.67. The molecule has 1 fully saturated rings. The van der Waals surface area contributed by atoms with Gasteiger partial charge in [-0.25, -0.2) is 0 Å². The van der Waals surface area contributed by atoms with Gasteiger partial charge in [-0.1, -0.05) is 44.3 Å². The lowest BCUT2D eigenvalue weighted by atomic mass is 9.74. The Morgan fingerprint density at radius 2 is 1.73 bits per heavy atom. The van der Waals surface area contributed by atoms with E-state index in [4.69, 9.17) is 0 Å². The first-order valence-electron chi connectivity index (χ1n) is 6.06. The average Bonchev–Trinajstić information content (AvgIpc) is 2.16. The summed E-state index contributed by atoms with van der Waals surface area (Å²) in [6.45, 7) is 1.96. The fraction of sp³-hybridized carbons (Fsp3) is 0.769. The number of carboxylic acids is 1. The number of hydrogen-bond donors (Lipinski definition) is 1. The Hall–Kier alpha value is -0.790. The van der Waals surface area contributed by atoms with E-state index in [2.05, 4.69) is 0 Å². The Morgan fingerprint density at radius 1 is 1.20 bits per heavy atom. The second-order valence-corrected chi connectivity index (χ2v) is 4.63. The van der Waals surface area contributed by atoms with Crippen LogP contribution >= 0.6 is 0 Å². The first-order valence-corrected chi connectivity index (χ1v) is 6.06. The fourth-order valence-corrected chi connectivity index (χ4v) is 2.43. The first-order chi connectivity index (χ1) is 7.21. The molecule has 15 heavy (non-hydrogen) atoms. The molecule has 1 aliphatic rings. The van der Waals surface area contributed by atoms with Crippen molar-refractivity contribution in [3.63, 3.8) is 0 Å². The van der Waals surface area contributed by atoms with Gasteiger partial charge in [-0.3, -0.25) is 4.79 Å². The summed E-state index contributed by atoms with van der Waals surface area (Å²) in [5.41, 5.74) is -0.465. The summed E-state index contributed by atoms with van der Waals surface area (Å²) in [6.07, 6.45) is 12.2. The van der Waals surface area contributed by atoms with E-state index in [-0.39, 0.29) is 0 Å². The van der Waals surface area contributed by atoms with E-state index in [1.54, 1.807) is 0 Å². The molecule has 86 valence electrons. The molecule has 0 aliphatic heterocycles. The molecular weight excluding hydrogens is 188 g/mol. The monoisotopic (exact) mass is 210 g/mol. The molecule has 0 amide bonds. The maximum atomic E-state index is 11.4. The average molecular weight is 210 g/mol. The van der Waals surface area contributed by atoms with Gasteiger partial charge in [0.15, 0.2) is 0 Å². The van der Waals surface area contributed by atoms with Crippen molar-refractivity contribution >= 4 is 5.97 Å². The number of allylic oxidation sites excluding steroid dienone is 2. The Bertz CT molecular complexity index is 223. The van der Waals surface area contributed by atoms with Crippen LogP contribution in [0.25, 0.3) is 0 Å². The van der Waals surface area contributed by atoms with Crippen molar-refractivity contribution in [2.75, 3.05) is 0 Å². The molecule has 0 radical (unpaired) electrons. The maximum Gasteiger partial charge on any atom is 0.309 e. The largest absolute Gasteiger partial charge is 0.481 e. The highest BCUT2D eigenvalue weighted by Gasteiger charge is 2.36. The predicted molar refractivity (Wildman–Crippen MR) is 61.8 cm³/mol. The minimum atomic E-state index is -0.595. The summed E-state index contributed by atoms with van der Waals surface area (Å²) in [4.78, 5) is 11.4. The van der Waals surface area contributed by atoms with E-state index >= 15 is 0 Å². The molecule has 0 unspecified atom stereocenters. The fourth-order valence-electron chi connectivity index (χ4n) is 2.43. The van der Waals surface area contributed by atoms with Gasteiger partial charge < -0.3 is 5.11 Å². The summed E-state index contributed by atoms with van der Waals surface area (Å²) in [6, 6.07) is 0. The summed E-state index contributed by atoms with van der Waals surface area (Å²) in [5.74, 6) is -0.595. The van der Waals surface area contributed by atoms with Crippen molar-refractivity contribution in [1.29, 1.82) is 0 Å². The SMILES string of the molecule is C/C=C/CC1(C(=O)O)CCCCCCC1. The van der Waals surface area contributed by atoms with E-state index < -0.39 is 11.4 Å². The number of aliphatic carboxylic acids is 1. The van der Waals surface area contributed by atoms with E-state index in [0.29, 0.717) is 6.42 Å². The lowest BCUT2D eigenvalue weighted by molar-refractivity contribution is -0.150. The van der Waals surface area contributed by atoms with Gasteiger partial charge in [-0.05, 0) is 26.2 Å². The standard InChI is InChI=1S/C13H22O2/c1-2-3-9-13(12(14)15)10-7-5-4-6-8-11-13/h2-3H,4-11H2,1H3,(H,14,15)/b3-2+. The van der Waals surface area contributed by atoms with E-state index in [1.807, 2.05) is 19.1 Å². The molecule has 0 saturated heterocycles. The number of hydrogen-bond acceptors (Lipinski definition) is 1. The molecule has 0 heterocycles. The van der Waals surface area contributed by atoms with Crippen LogP contribution in [-0.4, -0.2) is 11.1 Å². The van der Waals surface area contributed by atoms with Gasteiger partial charge in [0.1, 0.15) is 0 Å². The maximum absolute atomic E-state index is 11.4. The van der Waals surface area contributed by atoms with E-state index in [9.17, 15) is 9.90 Å². The summed E-state index contributed by atoms with van der Waals surface area (Å²) < 4.78 is 0. The molecule has 1 rings (SSSR count). The molecule has 0 spiro atoms. The summed E-state index contributed by atoms with van der Waals surface area (Å²) >= 11 is 0. The van der Waals surface area contributed by atoms with Gasteiger partial charge in [0.05, 0.1) is 5.41 Å². The molecular formula is C13H22O2. The highest BCUT2D eigenvalue weighted by Crippen LogP contribution is 2.37. The lowest BCUT2D eigenvalue weighted by Gasteiger charge is -2.30. The molecule has 1 N–H and O–H groups in total. The van der Waals surface area contributed by atoms with Crippen LogP contribution in [0.5, 0.6) is 0 Å². The molecule has 1 saturated carbocycles. The van der Waals surface area contributed by atoms with E-state index in [1.165, 1.54) is 19.3 Å². The smallest absolute Gasteiger partial charge is 0.309 e. The molecule has 0 bridgehead atoms. The second-order valence-electron chi connectivity index (χ2n) is 4.63. The van der Waals surface area contributed by atoms with Gasteiger partial charge >= 0.3 is 5.97 Å². The van der Waals surface area contributed by atoms with Crippen molar-refractivity contribution in [1.82, 2.24) is 0 Å². The Balaban J connectivity index is 2.70. The van der Waals surface area contributed by atoms with Crippen LogP contribution in [0, 0.1) is 5.41 Å². The number of carboxylic acid groups (broad SMARTS) is 1. The molecule has 2 heteroatoms. The van der Waals surface area contributed by atoms with Crippen LogP contribution in [0.15, 0.2) is 12.2 Å². The van der Waals surface area contributed by atoms with Crippen LogP contribution in [0.1, 0.15) is 58.3 Å². The third kappa shape index (κ3) is 3.37. The zero-order chi connectivity index (χ0) is 11.1. The van der Waals surface area contributed by atoms with Crippen LogP contribution in [0.2, 0.25) is 0 Å². The van der Waals surface area contributed by atoms with Crippen LogP contribution in [0.4, 0.5) is 0 Å². The molecule has 0 aromatic rings. The van der Waals surface area contributed by atoms with Crippen molar-refractivity contribution in [3.05, 3.63) is 12.2 Å². The summed E-state index contributed by atoms with van der Waals surface area (Å²) in [5, 5.41) is 9.40. The van der Waals surface area contributed by atoms with Crippen molar-refractivity contribution < 1.29 is 9.90 Å². The molecule has 2 nitrogen and oxygen atoms in total. The molecule has 1 aliphatic carbocycles. The highest BCUT2D eigenvalue weighted by atomic mass is 16.4. The molecule has 0 aromatic heterocycles. The van der Waals surface area contributed by atoms with E-state index in [0.717, 1.165) is 25.7 Å². The quantitative estimate of drug-likeness (QED) is 0.720. The summed E-state index contributed by atoms with van der Waals surface area (Å²) in [7, 11) is 0.